The number of nitrogens with zero attached hydrogens (tertiary/aromatic N) is 2. The van der Waals surface area contributed by atoms with E-state index in [2.05, 4.69) is 36.0 Å². The van der Waals surface area contributed by atoms with E-state index in [0.717, 1.165) is 6.54 Å². The van der Waals surface area contributed by atoms with Gasteiger partial charge in [-0.2, -0.15) is 0 Å². The van der Waals surface area contributed by atoms with Crippen molar-refractivity contribution in [3.63, 3.8) is 0 Å². The molecule has 1 saturated heterocycles. The lowest BCUT2D eigenvalue weighted by atomic mass is 9.80. The molecular formula is C16H27N3S. The molecule has 20 heavy (non-hydrogen) atoms. The molecule has 2 heterocycles. The summed E-state index contributed by atoms with van der Waals surface area (Å²) in [4.78, 5) is 8.76. The van der Waals surface area contributed by atoms with Crippen LogP contribution < -0.4 is 5.32 Å². The molecule has 1 aliphatic heterocycles. The summed E-state index contributed by atoms with van der Waals surface area (Å²) in [7, 11) is 0. The van der Waals surface area contributed by atoms with Crippen molar-refractivity contribution in [2.24, 2.45) is 0 Å². The fraction of sp³-hybridized carbons (Fsp3) is 0.812. The lowest BCUT2D eigenvalue weighted by molar-refractivity contribution is 0.0738. The lowest BCUT2D eigenvalue weighted by Gasteiger charge is -2.47. The molecule has 0 radical (unpaired) electrons. The molecule has 0 aromatic carbocycles. The fourth-order valence-electron chi connectivity index (χ4n) is 3.98. The number of thiazole rings is 1. The van der Waals surface area contributed by atoms with Crippen LogP contribution in [0.2, 0.25) is 0 Å². The van der Waals surface area contributed by atoms with Crippen LogP contribution in [0.4, 0.5) is 0 Å². The van der Waals surface area contributed by atoms with Crippen LogP contribution in [0.25, 0.3) is 0 Å². The van der Waals surface area contributed by atoms with Crippen molar-refractivity contribution in [1.29, 1.82) is 0 Å². The summed E-state index contributed by atoms with van der Waals surface area (Å²) in [5.41, 5.74) is 1.63. The van der Waals surface area contributed by atoms with E-state index in [1.165, 1.54) is 60.8 Å². The Labute approximate surface area is 126 Å². The van der Waals surface area contributed by atoms with Crippen molar-refractivity contribution in [3.05, 3.63) is 15.6 Å². The second kappa shape index (κ2) is 5.74. The zero-order valence-corrected chi connectivity index (χ0v) is 13.9. The van der Waals surface area contributed by atoms with Gasteiger partial charge in [-0.05, 0) is 33.6 Å². The molecule has 1 N–H and O–H groups in total. The Hall–Kier alpha value is -0.450. The van der Waals surface area contributed by atoms with E-state index in [1.54, 1.807) is 0 Å². The van der Waals surface area contributed by atoms with Gasteiger partial charge in [-0.3, -0.25) is 4.90 Å². The van der Waals surface area contributed by atoms with Crippen LogP contribution in [-0.4, -0.2) is 35.1 Å². The maximum atomic E-state index is 4.61. The molecule has 1 aromatic rings. The lowest BCUT2D eigenvalue weighted by Crippen LogP contribution is -2.61. The second-order valence-electron chi connectivity index (χ2n) is 6.60. The Morgan fingerprint density at radius 2 is 2.00 bits per heavy atom. The molecule has 3 rings (SSSR count). The first kappa shape index (κ1) is 14.5. The highest BCUT2D eigenvalue weighted by Gasteiger charge is 2.38. The van der Waals surface area contributed by atoms with E-state index in [1.807, 2.05) is 11.3 Å². The highest BCUT2D eigenvalue weighted by atomic mass is 32.1. The number of piperazine rings is 1. The highest BCUT2D eigenvalue weighted by molar-refractivity contribution is 7.11. The van der Waals surface area contributed by atoms with Gasteiger partial charge in [0.1, 0.15) is 0 Å². The number of rotatable bonds is 2. The summed E-state index contributed by atoms with van der Waals surface area (Å²) in [6.07, 6.45) is 6.93. The number of aromatic nitrogens is 1. The van der Waals surface area contributed by atoms with E-state index >= 15 is 0 Å². The molecular weight excluding hydrogens is 266 g/mol. The van der Waals surface area contributed by atoms with Crippen molar-refractivity contribution < 1.29 is 0 Å². The van der Waals surface area contributed by atoms with E-state index in [0.29, 0.717) is 11.6 Å². The van der Waals surface area contributed by atoms with Crippen molar-refractivity contribution >= 4 is 11.3 Å². The Bertz CT molecular complexity index is 457. The van der Waals surface area contributed by atoms with Crippen LogP contribution in [0.5, 0.6) is 0 Å². The van der Waals surface area contributed by atoms with Gasteiger partial charge in [0.2, 0.25) is 0 Å². The molecule has 0 amide bonds. The number of hydrogen-bond donors (Lipinski definition) is 1. The summed E-state index contributed by atoms with van der Waals surface area (Å²) in [5, 5.41) is 5.04. The molecule has 2 fully saturated rings. The average molecular weight is 293 g/mol. The Balaban J connectivity index is 1.74. The molecule has 1 aliphatic carbocycles. The maximum absolute atomic E-state index is 4.61. The van der Waals surface area contributed by atoms with Crippen LogP contribution in [0.1, 0.15) is 60.6 Å². The van der Waals surface area contributed by atoms with Crippen LogP contribution in [-0.2, 0) is 0 Å². The quantitative estimate of drug-likeness (QED) is 0.905. The van der Waals surface area contributed by atoms with Crippen molar-refractivity contribution in [1.82, 2.24) is 15.2 Å². The first-order valence-electron chi connectivity index (χ1n) is 8.03. The normalized spacial score (nSPS) is 24.9. The third-order valence-corrected chi connectivity index (χ3v) is 6.33. The maximum Gasteiger partial charge on any atom is 0.0900 e. The fourth-order valence-corrected chi connectivity index (χ4v) is 5.00. The van der Waals surface area contributed by atoms with Gasteiger partial charge in [0.25, 0.3) is 0 Å². The monoisotopic (exact) mass is 293 g/mol. The van der Waals surface area contributed by atoms with Crippen molar-refractivity contribution in [2.75, 3.05) is 19.6 Å². The third-order valence-electron chi connectivity index (χ3n) is 5.08. The largest absolute Gasteiger partial charge is 0.309 e. The van der Waals surface area contributed by atoms with Gasteiger partial charge in [0.15, 0.2) is 0 Å². The molecule has 2 aliphatic rings. The summed E-state index contributed by atoms with van der Waals surface area (Å²) in [6, 6.07) is 0.516. The Morgan fingerprint density at radius 1 is 1.25 bits per heavy atom. The number of aryl methyl sites for hydroxylation is 2. The van der Waals surface area contributed by atoms with Gasteiger partial charge in [0.05, 0.1) is 10.7 Å². The summed E-state index contributed by atoms with van der Waals surface area (Å²) in [6.45, 7) is 10.2. The van der Waals surface area contributed by atoms with E-state index in [4.69, 9.17) is 0 Å². The van der Waals surface area contributed by atoms with E-state index in [-0.39, 0.29) is 0 Å². The van der Waals surface area contributed by atoms with Gasteiger partial charge < -0.3 is 5.32 Å². The molecule has 4 heteroatoms. The molecule has 1 unspecified atom stereocenters. The zero-order chi connectivity index (χ0) is 14.2. The number of nitrogens with one attached hydrogen (secondary N) is 1. The zero-order valence-electron chi connectivity index (χ0n) is 13.0. The molecule has 112 valence electrons. The Kier molecular flexibility index (Phi) is 4.16. The van der Waals surface area contributed by atoms with E-state index < -0.39 is 0 Å². The van der Waals surface area contributed by atoms with Crippen LogP contribution in [0.15, 0.2) is 0 Å². The predicted molar refractivity (Wildman–Crippen MR) is 85.4 cm³/mol. The average Bonchev–Trinajstić information content (AvgIpc) is 2.78. The predicted octanol–water partition coefficient (Wildman–Crippen LogP) is 3.43. The third kappa shape index (κ3) is 2.78. The van der Waals surface area contributed by atoms with Crippen molar-refractivity contribution in [3.8, 4) is 0 Å². The molecule has 3 nitrogen and oxygen atoms in total. The van der Waals surface area contributed by atoms with Crippen LogP contribution >= 0.6 is 11.3 Å². The first-order valence-corrected chi connectivity index (χ1v) is 8.84. The van der Waals surface area contributed by atoms with Gasteiger partial charge in [-0.25, -0.2) is 4.98 Å². The van der Waals surface area contributed by atoms with E-state index in [9.17, 15) is 0 Å². The smallest absolute Gasteiger partial charge is 0.0900 e. The van der Waals surface area contributed by atoms with Gasteiger partial charge >= 0.3 is 0 Å². The van der Waals surface area contributed by atoms with Crippen LogP contribution in [0.3, 0.4) is 0 Å². The van der Waals surface area contributed by atoms with Crippen LogP contribution in [0, 0.1) is 13.8 Å². The Morgan fingerprint density at radius 3 is 2.65 bits per heavy atom. The summed E-state index contributed by atoms with van der Waals surface area (Å²) in [5.74, 6) is 0. The summed E-state index contributed by atoms with van der Waals surface area (Å²) < 4.78 is 0. The first-order chi connectivity index (χ1) is 9.60. The molecule has 0 bridgehead atoms. The second-order valence-corrected chi connectivity index (χ2v) is 7.83. The molecule has 1 aromatic heterocycles. The minimum absolute atomic E-state index is 0.401. The highest BCUT2D eigenvalue weighted by Crippen LogP contribution is 2.35. The molecule has 1 spiro atoms. The van der Waals surface area contributed by atoms with Crippen molar-refractivity contribution in [2.45, 2.75) is 64.5 Å². The minimum atomic E-state index is 0.401. The van der Waals surface area contributed by atoms with Gasteiger partial charge in [0, 0.05) is 36.1 Å². The SMILES string of the molecule is Cc1nc(C)c(C(C)N2CCNC3(CCCCC3)C2)s1. The van der Waals surface area contributed by atoms with Gasteiger partial charge in [-0.1, -0.05) is 19.3 Å². The topological polar surface area (TPSA) is 28.2 Å². The number of hydrogen-bond acceptors (Lipinski definition) is 4. The minimum Gasteiger partial charge on any atom is -0.309 e. The molecule has 1 saturated carbocycles. The standard InChI is InChI=1S/C16H27N3S/c1-12-15(20-14(3)18-12)13(2)19-10-9-17-16(11-19)7-5-4-6-8-16/h13,17H,4-11H2,1-3H3. The molecule has 1 atom stereocenters. The summed E-state index contributed by atoms with van der Waals surface area (Å²) >= 11 is 1.88. The van der Waals surface area contributed by atoms with Gasteiger partial charge in [-0.15, -0.1) is 11.3 Å².